The summed E-state index contributed by atoms with van der Waals surface area (Å²) in [4.78, 5) is 24.6. The highest BCUT2D eigenvalue weighted by molar-refractivity contribution is 5.73. The molecule has 0 amide bonds. The lowest BCUT2D eigenvalue weighted by molar-refractivity contribution is -0.337. The summed E-state index contributed by atoms with van der Waals surface area (Å²) in [5.41, 5.74) is 1.22. The Balaban J connectivity index is 1.53. The Kier molecular flexibility index (Phi) is 7.48. The summed E-state index contributed by atoms with van der Waals surface area (Å²) in [7, 11) is 1.21. The molecule has 9 nitrogen and oxygen atoms in total. The van der Waals surface area contributed by atoms with Crippen molar-refractivity contribution in [2.24, 2.45) is 40.4 Å². The third kappa shape index (κ3) is 4.42. The highest BCUT2D eigenvalue weighted by Crippen LogP contribution is 2.66. The van der Waals surface area contributed by atoms with Crippen LogP contribution in [-0.4, -0.2) is 71.4 Å². The maximum atomic E-state index is 12.7. The Labute approximate surface area is 224 Å². The second-order valence-electron chi connectivity index (χ2n) is 13.0. The van der Waals surface area contributed by atoms with Crippen LogP contribution in [0.2, 0.25) is 0 Å². The molecule has 3 saturated carbocycles. The SMILES string of the molecule is COC(=O)C1C(O[C@H]2C=C3C[C@@H](C)CC[C@]3(C)C3CC[C@@]4(C)C(CC[C@@H]4OC(C)=O)C32)OC(O)C(O)C1O. The summed E-state index contributed by atoms with van der Waals surface area (Å²) in [6, 6.07) is 0. The molecule has 0 spiro atoms. The third-order valence-corrected chi connectivity index (χ3v) is 10.9. The standard InChI is InChI=1S/C29H44O9/c1-14-8-10-28(3)16(12-14)13-19(37-27-22(25(33)35-5)23(31)24(32)26(34)38-27)21-17-6-7-20(36-15(2)30)29(17,4)11-9-18(21)28/h13-14,17-24,26-27,31-32,34H,6-12H2,1-5H3/t14-,17?,18?,19-,20-,21?,22?,23?,24?,26?,27?,28-,29-/m0/s1. The van der Waals surface area contributed by atoms with Gasteiger partial charge in [-0.05, 0) is 74.0 Å². The van der Waals surface area contributed by atoms with Crippen LogP contribution in [0.5, 0.6) is 0 Å². The van der Waals surface area contributed by atoms with Gasteiger partial charge in [0.15, 0.2) is 12.6 Å². The van der Waals surface area contributed by atoms with Crippen LogP contribution in [0.3, 0.4) is 0 Å². The molecule has 3 N–H and O–H groups in total. The Bertz CT molecular complexity index is 966. The van der Waals surface area contributed by atoms with Gasteiger partial charge in [0.05, 0.1) is 13.2 Å². The number of aliphatic hydroxyl groups excluding tert-OH is 3. The summed E-state index contributed by atoms with van der Waals surface area (Å²) >= 11 is 0. The molecule has 38 heavy (non-hydrogen) atoms. The number of carbonyl (C=O) groups is 2. The predicted molar refractivity (Wildman–Crippen MR) is 135 cm³/mol. The fourth-order valence-corrected chi connectivity index (χ4v) is 8.78. The maximum absolute atomic E-state index is 12.7. The maximum Gasteiger partial charge on any atom is 0.316 e. The van der Waals surface area contributed by atoms with Gasteiger partial charge in [-0.1, -0.05) is 32.4 Å². The molecule has 1 heterocycles. The van der Waals surface area contributed by atoms with Crippen molar-refractivity contribution in [1.29, 1.82) is 0 Å². The van der Waals surface area contributed by atoms with E-state index >= 15 is 0 Å². The first-order chi connectivity index (χ1) is 17.9. The van der Waals surface area contributed by atoms with E-state index in [0.29, 0.717) is 11.8 Å². The minimum absolute atomic E-state index is 0.0439. The Morgan fingerprint density at radius 1 is 1.03 bits per heavy atom. The molecular formula is C29H44O9. The Morgan fingerprint density at radius 3 is 2.45 bits per heavy atom. The minimum Gasteiger partial charge on any atom is -0.469 e. The van der Waals surface area contributed by atoms with E-state index < -0.39 is 42.8 Å². The van der Waals surface area contributed by atoms with E-state index in [2.05, 4.69) is 26.8 Å². The average Bonchev–Trinajstić information content (AvgIpc) is 3.18. The van der Waals surface area contributed by atoms with Gasteiger partial charge in [-0.25, -0.2) is 0 Å². The van der Waals surface area contributed by atoms with Crippen LogP contribution in [0.1, 0.15) is 72.6 Å². The van der Waals surface area contributed by atoms with E-state index in [0.717, 1.165) is 38.5 Å². The molecule has 8 unspecified atom stereocenters. The molecule has 4 fully saturated rings. The van der Waals surface area contributed by atoms with Crippen molar-refractivity contribution in [2.45, 2.75) is 110 Å². The van der Waals surface area contributed by atoms with E-state index in [1.165, 1.54) is 26.0 Å². The fraction of sp³-hybridized carbons (Fsp3) is 0.862. The van der Waals surface area contributed by atoms with Gasteiger partial charge in [-0.3, -0.25) is 9.59 Å². The van der Waals surface area contributed by atoms with E-state index in [4.69, 9.17) is 18.9 Å². The van der Waals surface area contributed by atoms with Gasteiger partial charge in [0.25, 0.3) is 0 Å². The number of hydrogen-bond acceptors (Lipinski definition) is 9. The summed E-state index contributed by atoms with van der Waals surface area (Å²) < 4.78 is 22.9. The molecule has 4 aliphatic carbocycles. The number of fused-ring (bicyclic) bond motifs is 5. The molecule has 1 aliphatic heterocycles. The molecule has 0 aromatic rings. The molecule has 0 radical (unpaired) electrons. The Morgan fingerprint density at radius 2 is 1.76 bits per heavy atom. The first kappa shape index (κ1) is 28.0. The number of aliphatic hydroxyl groups is 3. The van der Waals surface area contributed by atoms with Crippen LogP contribution in [0.25, 0.3) is 0 Å². The quantitative estimate of drug-likeness (QED) is 0.366. The first-order valence-corrected chi connectivity index (χ1v) is 14.2. The molecule has 0 aromatic heterocycles. The highest BCUT2D eigenvalue weighted by Gasteiger charge is 2.62. The lowest BCUT2D eigenvalue weighted by atomic mass is 9.47. The molecule has 214 valence electrons. The number of hydrogen-bond donors (Lipinski definition) is 3. The van der Waals surface area contributed by atoms with Crippen LogP contribution in [0.4, 0.5) is 0 Å². The smallest absolute Gasteiger partial charge is 0.316 e. The third-order valence-electron chi connectivity index (χ3n) is 10.9. The molecule has 0 aromatic carbocycles. The zero-order valence-electron chi connectivity index (χ0n) is 23.2. The highest BCUT2D eigenvalue weighted by atomic mass is 16.7. The van der Waals surface area contributed by atoms with E-state index in [1.807, 2.05) is 0 Å². The number of esters is 2. The van der Waals surface area contributed by atoms with Gasteiger partial charge in [-0.15, -0.1) is 0 Å². The van der Waals surface area contributed by atoms with Crippen LogP contribution < -0.4 is 0 Å². The number of allylic oxidation sites excluding steroid dienone is 1. The van der Waals surface area contributed by atoms with Crippen molar-refractivity contribution in [3.63, 3.8) is 0 Å². The number of ether oxygens (including phenoxy) is 4. The summed E-state index contributed by atoms with van der Waals surface area (Å²) in [5.74, 6) is -1.12. The van der Waals surface area contributed by atoms with Gasteiger partial charge < -0.3 is 34.3 Å². The van der Waals surface area contributed by atoms with Crippen molar-refractivity contribution >= 4 is 11.9 Å². The zero-order chi connectivity index (χ0) is 27.6. The Hall–Kier alpha value is -1.52. The summed E-state index contributed by atoms with van der Waals surface area (Å²) in [5, 5.41) is 31.2. The largest absolute Gasteiger partial charge is 0.469 e. The van der Waals surface area contributed by atoms with Gasteiger partial charge in [0, 0.05) is 12.3 Å². The molecular weight excluding hydrogens is 492 g/mol. The van der Waals surface area contributed by atoms with Gasteiger partial charge in [0.1, 0.15) is 24.2 Å². The average molecular weight is 537 g/mol. The summed E-state index contributed by atoms with van der Waals surface area (Å²) in [6.07, 6.45) is 2.31. The lowest BCUT2D eigenvalue weighted by Crippen LogP contribution is -2.60. The van der Waals surface area contributed by atoms with Gasteiger partial charge in [0.2, 0.25) is 0 Å². The van der Waals surface area contributed by atoms with Crippen molar-refractivity contribution in [2.75, 3.05) is 7.11 Å². The monoisotopic (exact) mass is 536 g/mol. The van der Waals surface area contributed by atoms with E-state index in [1.54, 1.807) is 0 Å². The molecule has 13 atom stereocenters. The predicted octanol–water partition coefficient (Wildman–Crippen LogP) is 2.70. The molecule has 9 heteroatoms. The number of carbonyl (C=O) groups excluding carboxylic acids is 2. The number of rotatable bonds is 4. The topological polar surface area (TPSA) is 132 Å². The van der Waals surface area contributed by atoms with E-state index in [-0.39, 0.29) is 34.7 Å². The van der Waals surface area contributed by atoms with Gasteiger partial charge >= 0.3 is 11.9 Å². The van der Waals surface area contributed by atoms with Crippen LogP contribution in [0.15, 0.2) is 11.6 Å². The normalized spacial score (nSPS) is 50.2. The molecule has 5 rings (SSSR count). The van der Waals surface area contributed by atoms with Crippen LogP contribution >= 0.6 is 0 Å². The van der Waals surface area contributed by atoms with Crippen LogP contribution in [0, 0.1) is 40.4 Å². The van der Waals surface area contributed by atoms with Crippen molar-refractivity contribution in [3.8, 4) is 0 Å². The van der Waals surface area contributed by atoms with Crippen molar-refractivity contribution in [3.05, 3.63) is 11.6 Å². The zero-order valence-corrected chi connectivity index (χ0v) is 23.2. The minimum atomic E-state index is -1.70. The second-order valence-corrected chi connectivity index (χ2v) is 13.0. The van der Waals surface area contributed by atoms with Crippen molar-refractivity contribution in [1.82, 2.24) is 0 Å². The summed E-state index contributed by atoms with van der Waals surface area (Å²) in [6.45, 7) is 8.35. The van der Waals surface area contributed by atoms with Crippen LogP contribution in [-0.2, 0) is 28.5 Å². The lowest BCUT2D eigenvalue weighted by Gasteiger charge is -2.60. The van der Waals surface area contributed by atoms with Crippen molar-refractivity contribution < 1.29 is 43.9 Å². The van der Waals surface area contributed by atoms with Gasteiger partial charge in [-0.2, -0.15) is 0 Å². The molecule has 1 saturated heterocycles. The first-order valence-electron chi connectivity index (χ1n) is 14.2. The molecule has 5 aliphatic rings. The fourth-order valence-electron chi connectivity index (χ4n) is 8.78. The second kappa shape index (κ2) is 10.1. The molecule has 0 bridgehead atoms. The van der Waals surface area contributed by atoms with E-state index in [9.17, 15) is 24.9 Å². The number of methoxy groups -OCH3 is 1.